The molecule has 24 heavy (non-hydrogen) atoms. The zero-order valence-electron chi connectivity index (χ0n) is 12.6. The van der Waals surface area contributed by atoms with Crippen LogP contribution in [0.1, 0.15) is 28.8 Å². The molecule has 2 unspecified atom stereocenters. The third kappa shape index (κ3) is 2.82. The number of aldehydes is 1. The first-order valence-corrected chi connectivity index (χ1v) is 7.55. The SMILES string of the molecule is O=CC(=O)C1CCC(C(F)(F)F)CN1N1Cc2ccccc2C1=O. The number of halogens is 3. The number of ketones is 1. The number of carbonyl (C=O) groups excluding carboxylic acids is 3. The summed E-state index contributed by atoms with van der Waals surface area (Å²) in [6.07, 6.45) is -4.65. The minimum atomic E-state index is -4.41. The molecule has 1 aromatic rings. The molecule has 1 saturated heterocycles. The number of nitrogens with zero attached hydrogens (tertiary/aromatic N) is 2. The summed E-state index contributed by atoms with van der Waals surface area (Å²) in [5.74, 6) is -2.89. The molecule has 1 amide bonds. The fourth-order valence-corrected chi connectivity index (χ4v) is 3.30. The monoisotopic (exact) mass is 340 g/mol. The number of amides is 1. The number of hydrogen-bond acceptors (Lipinski definition) is 4. The van der Waals surface area contributed by atoms with Gasteiger partial charge < -0.3 is 0 Å². The number of hydrazine groups is 1. The second kappa shape index (κ2) is 6.01. The molecule has 0 aromatic heterocycles. The van der Waals surface area contributed by atoms with Crippen molar-refractivity contribution in [1.82, 2.24) is 10.0 Å². The number of hydrogen-bond donors (Lipinski definition) is 0. The van der Waals surface area contributed by atoms with E-state index in [2.05, 4.69) is 0 Å². The smallest absolute Gasteiger partial charge is 0.295 e. The number of alkyl halides is 3. The standard InChI is InChI=1S/C16H15F3N2O3/c17-16(18,19)11-5-6-13(14(23)9-22)20(8-11)21-7-10-3-1-2-4-12(10)15(21)24/h1-4,9,11,13H,5-8H2. The predicted octanol–water partition coefficient (Wildman–Crippen LogP) is 1.97. The summed E-state index contributed by atoms with van der Waals surface area (Å²) in [5, 5.41) is 2.29. The number of piperidine rings is 1. The van der Waals surface area contributed by atoms with Gasteiger partial charge in [-0.1, -0.05) is 18.2 Å². The van der Waals surface area contributed by atoms with E-state index >= 15 is 0 Å². The van der Waals surface area contributed by atoms with Crippen LogP contribution in [-0.4, -0.2) is 46.8 Å². The van der Waals surface area contributed by atoms with Crippen molar-refractivity contribution in [3.8, 4) is 0 Å². The van der Waals surface area contributed by atoms with Crippen LogP contribution < -0.4 is 0 Å². The lowest BCUT2D eigenvalue weighted by atomic mass is 9.91. The lowest BCUT2D eigenvalue weighted by molar-refractivity contribution is -0.205. The highest BCUT2D eigenvalue weighted by Gasteiger charge is 2.48. The highest BCUT2D eigenvalue weighted by molar-refractivity contribution is 6.27. The van der Waals surface area contributed by atoms with Crippen LogP contribution in [0.3, 0.4) is 0 Å². The molecule has 2 atom stereocenters. The summed E-state index contributed by atoms with van der Waals surface area (Å²) in [5.41, 5.74) is 1.10. The van der Waals surface area contributed by atoms with Gasteiger partial charge in [-0.15, -0.1) is 0 Å². The number of benzene rings is 1. The van der Waals surface area contributed by atoms with E-state index in [9.17, 15) is 27.6 Å². The Balaban J connectivity index is 1.90. The normalized spacial score (nSPS) is 24.8. The molecule has 1 fully saturated rings. The number of carbonyl (C=O) groups is 3. The molecule has 128 valence electrons. The number of Topliss-reactive ketones (excluding diaryl/α,β-unsaturated/α-hetero) is 1. The summed E-state index contributed by atoms with van der Waals surface area (Å²) in [7, 11) is 0. The molecule has 0 spiro atoms. The molecular formula is C16H15F3N2O3. The second-order valence-electron chi connectivity index (χ2n) is 5.99. The largest absolute Gasteiger partial charge is 0.393 e. The highest BCUT2D eigenvalue weighted by atomic mass is 19.4. The molecule has 0 N–H and O–H groups in total. The molecule has 8 heteroatoms. The summed E-state index contributed by atoms with van der Waals surface area (Å²) in [6.45, 7) is -0.407. The Morgan fingerprint density at radius 1 is 1.21 bits per heavy atom. The van der Waals surface area contributed by atoms with Crippen LogP contribution in [0.25, 0.3) is 0 Å². The topological polar surface area (TPSA) is 57.7 Å². The van der Waals surface area contributed by atoms with Crippen LogP contribution in [0.15, 0.2) is 24.3 Å². The van der Waals surface area contributed by atoms with Crippen molar-refractivity contribution in [3.63, 3.8) is 0 Å². The van der Waals surface area contributed by atoms with Gasteiger partial charge in [-0.2, -0.15) is 13.2 Å². The number of fused-ring (bicyclic) bond motifs is 1. The molecule has 2 heterocycles. The summed E-state index contributed by atoms with van der Waals surface area (Å²) < 4.78 is 39.3. The van der Waals surface area contributed by atoms with E-state index in [-0.39, 0.29) is 25.7 Å². The lowest BCUT2D eigenvalue weighted by Crippen LogP contribution is -2.58. The molecule has 3 rings (SSSR count). The first-order valence-electron chi connectivity index (χ1n) is 7.55. The van der Waals surface area contributed by atoms with Gasteiger partial charge >= 0.3 is 6.18 Å². The van der Waals surface area contributed by atoms with E-state index in [1.807, 2.05) is 0 Å². The van der Waals surface area contributed by atoms with Crippen molar-refractivity contribution in [2.45, 2.75) is 31.6 Å². The highest BCUT2D eigenvalue weighted by Crippen LogP contribution is 2.37. The number of rotatable bonds is 3. The predicted molar refractivity (Wildman–Crippen MR) is 76.7 cm³/mol. The van der Waals surface area contributed by atoms with Crippen LogP contribution >= 0.6 is 0 Å². The van der Waals surface area contributed by atoms with Crippen LogP contribution in [0.5, 0.6) is 0 Å². The molecule has 0 radical (unpaired) electrons. The van der Waals surface area contributed by atoms with Gasteiger partial charge in [0.1, 0.15) is 0 Å². The van der Waals surface area contributed by atoms with E-state index in [0.29, 0.717) is 11.1 Å². The fourth-order valence-electron chi connectivity index (χ4n) is 3.30. The van der Waals surface area contributed by atoms with Crippen LogP contribution in [-0.2, 0) is 16.1 Å². The quantitative estimate of drug-likeness (QED) is 0.624. The first kappa shape index (κ1) is 16.6. The average molecular weight is 340 g/mol. The molecule has 2 aliphatic heterocycles. The molecule has 0 aliphatic carbocycles. The Labute approximate surface area is 136 Å². The van der Waals surface area contributed by atoms with Gasteiger partial charge in [0.15, 0.2) is 6.29 Å². The lowest BCUT2D eigenvalue weighted by Gasteiger charge is -2.43. The Morgan fingerprint density at radius 3 is 2.54 bits per heavy atom. The maximum absolute atomic E-state index is 13.1. The maximum Gasteiger partial charge on any atom is 0.393 e. The van der Waals surface area contributed by atoms with Gasteiger partial charge in [-0.05, 0) is 24.5 Å². The fraction of sp³-hybridized carbons (Fsp3) is 0.438. The van der Waals surface area contributed by atoms with Crippen LogP contribution in [0.2, 0.25) is 0 Å². The van der Waals surface area contributed by atoms with Crippen molar-refractivity contribution in [2.75, 3.05) is 6.54 Å². The third-order valence-electron chi connectivity index (χ3n) is 4.58. The summed E-state index contributed by atoms with van der Waals surface area (Å²) >= 11 is 0. The maximum atomic E-state index is 13.1. The Hall–Kier alpha value is -2.22. The Morgan fingerprint density at radius 2 is 1.92 bits per heavy atom. The van der Waals surface area contributed by atoms with E-state index in [4.69, 9.17) is 0 Å². The summed E-state index contributed by atoms with van der Waals surface area (Å²) in [6, 6.07) is 5.69. The Bertz CT molecular complexity index is 689. The molecule has 0 saturated carbocycles. The zero-order chi connectivity index (χ0) is 17.5. The van der Waals surface area contributed by atoms with E-state index in [0.717, 1.165) is 10.0 Å². The van der Waals surface area contributed by atoms with Crippen molar-refractivity contribution in [1.29, 1.82) is 0 Å². The third-order valence-corrected chi connectivity index (χ3v) is 4.58. The molecule has 2 aliphatic rings. The van der Waals surface area contributed by atoms with Gasteiger partial charge in [-0.3, -0.25) is 19.4 Å². The van der Waals surface area contributed by atoms with Crippen LogP contribution in [0, 0.1) is 5.92 Å². The molecular weight excluding hydrogens is 325 g/mol. The van der Waals surface area contributed by atoms with Gasteiger partial charge in [0.25, 0.3) is 5.91 Å². The van der Waals surface area contributed by atoms with Gasteiger partial charge in [0, 0.05) is 12.1 Å². The van der Waals surface area contributed by atoms with Gasteiger partial charge in [0.2, 0.25) is 5.78 Å². The minimum Gasteiger partial charge on any atom is -0.295 e. The molecule has 5 nitrogen and oxygen atoms in total. The van der Waals surface area contributed by atoms with E-state index in [1.54, 1.807) is 24.3 Å². The first-order chi connectivity index (χ1) is 11.3. The molecule has 1 aromatic carbocycles. The van der Waals surface area contributed by atoms with E-state index in [1.165, 1.54) is 0 Å². The van der Waals surface area contributed by atoms with Crippen molar-refractivity contribution < 1.29 is 27.6 Å². The zero-order valence-corrected chi connectivity index (χ0v) is 12.6. The Kier molecular flexibility index (Phi) is 4.16. The van der Waals surface area contributed by atoms with Crippen LogP contribution in [0.4, 0.5) is 13.2 Å². The van der Waals surface area contributed by atoms with Crippen molar-refractivity contribution in [2.24, 2.45) is 5.92 Å². The summed E-state index contributed by atoms with van der Waals surface area (Å²) in [4.78, 5) is 35.2. The van der Waals surface area contributed by atoms with Crippen molar-refractivity contribution >= 4 is 18.0 Å². The average Bonchev–Trinajstić information content (AvgIpc) is 2.90. The molecule has 0 bridgehead atoms. The van der Waals surface area contributed by atoms with E-state index < -0.39 is 36.4 Å². The minimum absolute atomic E-state index is 0.0994. The second-order valence-corrected chi connectivity index (χ2v) is 5.99. The van der Waals surface area contributed by atoms with Gasteiger partial charge in [-0.25, -0.2) is 5.01 Å². The van der Waals surface area contributed by atoms with Gasteiger partial charge in [0.05, 0.1) is 18.5 Å². The van der Waals surface area contributed by atoms with Crippen molar-refractivity contribution in [3.05, 3.63) is 35.4 Å².